The van der Waals surface area contributed by atoms with Crippen LogP contribution in [0, 0.1) is 6.92 Å². The molecule has 1 aromatic heterocycles. The molecule has 0 bridgehead atoms. The molecule has 0 radical (unpaired) electrons. The normalized spacial score (nSPS) is 20.3. The molecule has 2 N–H and O–H groups in total. The van der Waals surface area contributed by atoms with Gasteiger partial charge in [-0.1, -0.05) is 45.0 Å². The first-order valence-corrected chi connectivity index (χ1v) is 14.2. The highest BCUT2D eigenvalue weighted by atomic mass is 16.2. The Balaban J connectivity index is 1.13. The average molecular weight is 541 g/mol. The molecule has 6 rings (SSSR count). The van der Waals surface area contributed by atoms with Crippen LogP contribution >= 0.6 is 0 Å². The van der Waals surface area contributed by atoms with Crippen LogP contribution in [0.3, 0.4) is 0 Å². The van der Waals surface area contributed by atoms with E-state index in [1.807, 2.05) is 24.0 Å². The van der Waals surface area contributed by atoms with Crippen molar-refractivity contribution in [1.82, 2.24) is 20.1 Å². The highest BCUT2D eigenvalue weighted by Gasteiger charge is 2.39. The predicted octanol–water partition coefficient (Wildman–Crippen LogP) is 4.55. The van der Waals surface area contributed by atoms with Crippen molar-refractivity contribution in [2.24, 2.45) is 0 Å². The number of imide groups is 1. The lowest BCUT2D eigenvalue weighted by Gasteiger charge is -2.32. The van der Waals surface area contributed by atoms with Crippen LogP contribution in [0.25, 0.3) is 10.9 Å². The average Bonchev–Trinajstić information content (AvgIpc) is 3.43. The lowest BCUT2D eigenvalue weighted by Crippen LogP contribution is -2.52. The number of carbonyl (C=O) groups is 4. The SMILES string of the molecule is Cc1c(C(=O)N2CCC(c3ccc4c(c3)CN(C3CCC(=O)NC3=O)C4=O)CC2)[nH]c2cc(C(C)(C)C)ccc12. The van der Waals surface area contributed by atoms with E-state index in [-0.39, 0.29) is 29.6 Å². The minimum atomic E-state index is -0.608. The van der Waals surface area contributed by atoms with Crippen LogP contribution in [0.1, 0.15) is 95.5 Å². The molecule has 0 saturated carbocycles. The van der Waals surface area contributed by atoms with Gasteiger partial charge in [0.15, 0.2) is 0 Å². The van der Waals surface area contributed by atoms with E-state index in [0.29, 0.717) is 43.2 Å². The van der Waals surface area contributed by atoms with Crippen molar-refractivity contribution < 1.29 is 19.2 Å². The Morgan fingerprint density at radius 3 is 2.42 bits per heavy atom. The van der Waals surface area contributed by atoms with E-state index in [0.717, 1.165) is 34.9 Å². The second kappa shape index (κ2) is 9.61. The third-order valence-electron chi connectivity index (χ3n) is 8.94. The van der Waals surface area contributed by atoms with Crippen LogP contribution in [0.5, 0.6) is 0 Å². The summed E-state index contributed by atoms with van der Waals surface area (Å²) in [5, 5.41) is 3.44. The number of H-pyrrole nitrogens is 1. The number of aromatic nitrogens is 1. The molecule has 40 heavy (non-hydrogen) atoms. The van der Waals surface area contributed by atoms with Crippen LogP contribution in [0.4, 0.5) is 0 Å². The van der Waals surface area contributed by atoms with Crippen LogP contribution < -0.4 is 5.32 Å². The number of likely N-dealkylation sites (tertiary alicyclic amines) is 1. The molecular formula is C32H36N4O4. The molecule has 4 amide bonds. The molecule has 8 nitrogen and oxygen atoms in total. The number of benzene rings is 2. The molecule has 2 fully saturated rings. The summed E-state index contributed by atoms with van der Waals surface area (Å²) in [6.07, 6.45) is 2.30. The number of hydrogen-bond donors (Lipinski definition) is 2. The molecule has 1 atom stereocenters. The Kier molecular flexibility index (Phi) is 6.32. The summed E-state index contributed by atoms with van der Waals surface area (Å²) >= 11 is 0. The standard InChI is InChI=1S/C32H36N4O4/c1-18-23-8-6-22(32(2,3)4)16-25(23)33-28(18)31(40)35-13-11-19(12-14-35)20-5-7-24-21(15-20)17-36(30(24)39)26-9-10-27(37)34-29(26)38/h5-8,15-16,19,26,33H,9-14,17H2,1-4H3,(H,34,37,38). The fourth-order valence-corrected chi connectivity index (χ4v) is 6.44. The highest BCUT2D eigenvalue weighted by Crippen LogP contribution is 2.35. The van der Waals surface area contributed by atoms with Crippen molar-refractivity contribution in [3.8, 4) is 0 Å². The minimum Gasteiger partial charge on any atom is -0.350 e. The Morgan fingerprint density at radius 1 is 0.975 bits per heavy atom. The number of nitrogens with zero attached hydrogens (tertiary/aromatic N) is 2. The molecule has 4 heterocycles. The molecule has 3 aliphatic rings. The number of aryl methyl sites for hydroxylation is 1. The van der Waals surface area contributed by atoms with E-state index in [4.69, 9.17) is 0 Å². The fourth-order valence-electron chi connectivity index (χ4n) is 6.44. The van der Waals surface area contributed by atoms with Crippen LogP contribution in [0.15, 0.2) is 36.4 Å². The summed E-state index contributed by atoms with van der Waals surface area (Å²) in [5.41, 5.74) is 6.65. The summed E-state index contributed by atoms with van der Waals surface area (Å²) in [6, 6.07) is 11.8. The third kappa shape index (κ3) is 4.49. The van der Waals surface area contributed by atoms with Crippen molar-refractivity contribution in [3.05, 3.63) is 69.9 Å². The smallest absolute Gasteiger partial charge is 0.270 e. The topological polar surface area (TPSA) is 103 Å². The lowest BCUT2D eigenvalue weighted by atomic mass is 9.86. The van der Waals surface area contributed by atoms with E-state index in [2.05, 4.69) is 55.3 Å². The van der Waals surface area contributed by atoms with Gasteiger partial charge in [0.2, 0.25) is 11.8 Å². The van der Waals surface area contributed by atoms with E-state index >= 15 is 0 Å². The van der Waals surface area contributed by atoms with Gasteiger partial charge in [0.25, 0.3) is 11.8 Å². The van der Waals surface area contributed by atoms with Crippen LogP contribution in [0.2, 0.25) is 0 Å². The van der Waals surface area contributed by atoms with Gasteiger partial charge >= 0.3 is 0 Å². The van der Waals surface area contributed by atoms with E-state index < -0.39 is 11.9 Å². The van der Waals surface area contributed by atoms with Crippen LogP contribution in [-0.4, -0.2) is 57.5 Å². The Bertz CT molecular complexity index is 1550. The number of rotatable bonds is 3. The molecule has 0 spiro atoms. The van der Waals surface area contributed by atoms with Gasteiger partial charge in [-0.25, -0.2) is 0 Å². The van der Waals surface area contributed by atoms with Crippen molar-refractivity contribution in [3.63, 3.8) is 0 Å². The predicted molar refractivity (Wildman–Crippen MR) is 152 cm³/mol. The molecule has 2 saturated heterocycles. The molecule has 3 aromatic rings. The highest BCUT2D eigenvalue weighted by molar-refractivity contribution is 6.05. The minimum absolute atomic E-state index is 0.0351. The monoisotopic (exact) mass is 540 g/mol. The van der Waals surface area contributed by atoms with Crippen molar-refractivity contribution in [2.45, 2.75) is 77.3 Å². The lowest BCUT2D eigenvalue weighted by molar-refractivity contribution is -0.136. The molecule has 208 valence electrons. The van der Waals surface area contributed by atoms with Gasteiger partial charge in [-0.05, 0) is 71.9 Å². The zero-order valence-corrected chi connectivity index (χ0v) is 23.6. The molecule has 1 unspecified atom stereocenters. The quantitative estimate of drug-likeness (QED) is 0.476. The van der Waals surface area contributed by atoms with Crippen molar-refractivity contribution in [1.29, 1.82) is 0 Å². The van der Waals surface area contributed by atoms with Gasteiger partial charge in [0.1, 0.15) is 11.7 Å². The number of hydrogen-bond acceptors (Lipinski definition) is 4. The number of amides is 4. The molecule has 2 aromatic carbocycles. The first-order chi connectivity index (χ1) is 19.0. The van der Waals surface area contributed by atoms with Gasteiger partial charge in [-0.15, -0.1) is 0 Å². The van der Waals surface area contributed by atoms with E-state index in [1.165, 1.54) is 11.1 Å². The zero-order chi connectivity index (χ0) is 28.3. The van der Waals surface area contributed by atoms with E-state index in [9.17, 15) is 19.2 Å². The third-order valence-corrected chi connectivity index (χ3v) is 8.94. The summed E-state index contributed by atoms with van der Waals surface area (Å²) in [5.74, 6) is -0.489. The maximum Gasteiger partial charge on any atom is 0.270 e. The van der Waals surface area contributed by atoms with Crippen LogP contribution in [-0.2, 0) is 21.5 Å². The van der Waals surface area contributed by atoms with E-state index in [1.54, 1.807) is 4.90 Å². The summed E-state index contributed by atoms with van der Waals surface area (Å²) in [7, 11) is 0. The largest absolute Gasteiger partial charge is 0.350 e. The Hall–Kier alpha value is -3.94. The van der Waals surface area contributed by atoms with Gasteiger partial charge in [0, 0.05) is 42.5 Å². The van der Waals surface area contributed by atoms with Gasteiger partial charge in [-0.2, -0.15) is 0 Å². The summed E-state index contributed by atoms with van der Waals surface area (Å²) < 4.78 is 0. The number of fused-ring (bicyclic) bond motifs is 2. The Morgan fingerprint density at radius 2 is 1.73 bits per heavy atom. The van der Waals surface area contributed by atoms with Gasteiger partial charge in [-0.3, -0.25) is 24.5 Å². The summed E-state index contributed by atoms with van der Waals surface area (Å²) in [6.45, 7) is 10.3. The van der Waals surface area contributed by atoms with Crippen molar-refractivity contribution >= 4 is 34.5 Å². The summed E-state index contributed by atoms with van der Waals surface area (Å²) in [4.78, 5) is 57.4. The number of piperidine rings is 2. The Labute approximate surface area is 234 Å². The number of carbonyl (C=O) groups excluding carboxylic acids is 4. The first kappa shape index (κ1) is 26.3. The molecule has 8 heteroatoms. The fraction of sp³-hybridized carbons (Fsp3) is 0.438. The molecular weight excluding hydrogens is 504 g/mol. The molecule has 0 aliphatic carbocycles. The zero-order valence-electron chi connectivity index (χ0n) is 23.6. The second-order valence-electron chi connectivity index (χ2n) is 12.5. The first-order valence-electron chi connectivity index (χ1n) is 14.2. The van der Waals surface area contributed by atoms with Crippen molar-refractivity contribution in [2.75, 3.05) is 13.1 Å². The number of aromatic amines is 1. The van der Waals surface area contributed by atoms with Gasteiger partial charge < -0.3 is 14.8 Å². The van der Waals surface area contributed by atoms with Gasteiger partial charge in [0.05, 0.1) is 0 Å². The second-order valence-corrected chi connectivity index (χ2v) is 12.5. The number of nitrogens with one attached hydrogen (secondary N) is 2. The molecule has 3 aliphatic heterocycles. The maximum atomic E-state index is 13.5. The maximum absolute atomic E-state index is 13.5.